The van der Waals surface area contributed by atoms with E-state index in [0.29, 0.717) is 13.0 Å². The van der Waals surface area contributed by atoms with Crippen LogP contribution in [0.25, 0.3) is 0 Å². The Morgan fingerprint density at radius 3 is 2.50 bits per heavy atom. The number of H-pyrrole nitrogens is 1. The first-order valence-corrected chi connectivity index (χ1v) is 7.62. The van der Waals surface area contributed by atoms with Crippen molar-refractivity contribution in [2.24, 2.45) is 0 Å². The molecule has 1 aromatic carbocycles. The zero-order valence-corrected chi connectivity index (χ0v) is 13.6. The first kappa shape index (κ1) is 19.4. The third-order valence-electron chi connectivity index (χ3n) is 3.54. The van der Waals surface area contributed by atoms with Gasteiger partial charge in [-0.3, -0.25) is 9.89 Å². The van der Waals surface area contributed by atoms with E-state index in [0.717, 1.165) is 24.3 Å². The normalized spacial score (nSPS) is 12.7. The Morgan fingerprint density at radius 2 is 1.88 bits per heavy atom. The molecule has 3 rings (SSSR count). The Morgan fingerprint density at radius 1 is 1.19 bits per heavy atom. The first-order valence-electron chi connectivity index (χ1n) is 7.62. The van der Waals surface area contributed by atoms with Crippen LogP contribution in [0.5, 0.6) is 0 Å². The molecule has 1 amide bonds. The maximum absolute atomic E-state index is 11.7. The summed E-state index contributed by atoms with van der Waals surface area (Å²) in [4.78, 5) is 20.6. The largest absolute Gasteiger partial charge is 0.490 e. The van der Waals surface area contributed by atoms with E-state index in [-0.39, 0.29) is 5.91 Å². The molecule has 0 atom stereocenters. The summed E-state index contributed by atoms with van der Waals surface area (Å²) < 4.78 is 31.7. The Labute approximate surface area is 146 Å². The summed E-state index contributed by atoms with van der Waals surface area (Å²) in [6.07, 6.45) is -3.09. The standard InChI is InChI=1S/C14H16N4O.C2HF3O2/c19-14(6-13-3-4-17-18-13)16-7-10-1-2-11-8-15-9-12(11)5-10;3-2(4,5)1(6)7/h1-5,15H,6-9H2,(H,16,19)(H,17,18);(H,6,7). The molecule has 26 heavy (non-hydrogen) atoms. The summed E-state index contributed by atoms with van der Waals surface area (Å²) >= 11 is 0. The van der Waals surface area contributed by atoms with Crippen LogP contribution in [0, 0.1) is 0 Å². The van der Waals surface area contributed by atoms with Gasteiger partial charge >= 0.3 is 12.1 Å². The number of nitrogens with one attached hydrogen (secondary N) is 3. The topological polar surface area (TPSA) is 107 Å². The van der Waals surface area contributed by atoms with Crippen molar-refractivity contribution in [3.05, 3.63) is 52.8 Å². The Balaban J connectivity index is 0.000000298. The molecule has 0 bridgehead atoms. The molecule has 1 aromatic heterocycles. The SMILES string of the molecule is O=C(Cc1ccn[nH]1)NCc1ccc2c(c1)CNC2.O=C(O)C(F)(F)F. The first-order chi connectivity index (χ1) is 12.3. The maximum atomic E-state index is 11.7. The molecule has 4 N–H and O–H groups in total. The van der Waals surface area contributed by atoms with Crippen LogP contribution in [0.2, 0.25) is 0 Å². The number of carbonyl (C=O) groups is 2. The highest BCUT2D eigenvalue weighted by molar-refractivity contribution is 5.78. The fourth-order valence-electron chi connectivity index (χ4n) is 2.28. The van der Waals surface area contributed by atoms with Crippen LogP contribution in [0.1, 0.15) is 22.4 Å². The van der Waals surface area contributed by atoms with Crippen molar-refractivity contribution in [1.29, 1.82) is 0 Å². The lowest BCUT2D eigenvalue weighted by molar-refractivity contribution is -0.192. The fraction of sp³-hybridized carbons (Fsp3) is 0.312. The van der Waals surface area contributed by atoms with Gasteiger partial charge in [-0.1, -0.05) is 18.2 Å². The van der Waals surface area contributed by atoms with Crippen LogP contribution in [0.15, 0.2) is 30.5 Å². The van der Waals surface area contributed by atoms with Crippen molar-refractivity contribution in [3.63, 3.8) is 0 Å². The zero-order chi connectivity index (χ0) is 19.2. The Kier molecular flexibility index (Phi) is 6.34. The highest BCUT2D eigenvalue weighted by Gasteiger charge is 2.38. The Bertz CT molecular complexity index is 761. The summed E-state index contributed by atoms with van der Waals surface area (Å²) in [7, 11) is 0. The molecule has 0 radical (unpaired) electrons. The second-order valence-corrected chi connectivity index (χ2v) is 5.54. The number of amides is 1. The van der Waals surface area contributed by atoms with Gasteiger partial charge in [0.1, 0.15) is 0 Å². The number of fused-ring (bicyclic) bond motifs is 1. The fourth-order valence-corrected chi connectivity index (χ4v) is 2.28. The van der Waals surface area contributed by atoms with Crippen molar-refractivity contribution in [2.45, 2.75) is 32.2 Å². The average molecular weight is 370 g/mol. The number of benzene rings is 1. The summed E-state index contributed by atoms with van der Waals surface area (Å²) in [5.41, 5.74) is 4.66. The molecule has 10 heteroatoms. The van der Waals surface area contributed by atoms with E-state index in [1.165, 1.54) is 11.1 Å². The Hall–Kier alpha value is -2.88. The number of aromatic amines is 1. The number of aliphatic carboxylic acids is 1. The number of hydrogen-bond donors (Lipinski definition) is 4. The molecule has 0 aliphatic carbocycles. The highest BCUT2D eigenvalue weighted by Crippen LogP contribution is 2.17. The van der Waals surface area contributed by atoms with Crippen molar-refractivity contribution < 1.29 is 27.9 Å². The lowest BCUT2D eigenvalue weighted by Gasteiger charge is -2.06. The molecule has 1 aliphatic rings. The minimum Gasteiger partial charge on any atom is -0.475 e. The molecule has 7 nitrogen and oxygen atoms in total. The number of rotatable bonds is 4. The molecular weight excluding hydrogens is 353 g/mol. The van der Waals surface area contributed by atoms with Gasteiger partial charge < -0.3 is 15.7 Å². The molecule has 0 spiro atoms. The summed E-state index contributed by atoms with van der Waals surface area (Å²) in [6.45, 7) is 2.44. The third kappa shape index (κ3) is 5.88. The van der Waals surface area contributed by atoms with Crippen LogP contribution in [-0.2, 0) is 35.6 Å². The van der Waals surface area contributed by atoms with Gasteiger partial charge in [-0.2, -0.15) is 18.3 Å². The number of carboxylic acid groups (broad SMARTS) is 1. The van der Waals surface area contributed by atoms with Crippen LogP contribution in [-0.4, -0.2) is 33.4 Å². The van der Waals surface area contributed by atoms with Crippen molar-refractivity contribution in [2.75, 3.05) is 0 Å². The van der Waals surface area contributed by atoms with Gasteiger partial charge in [0.05, 0.1) is 6.42 Å². The average Bonchev–Trinajstić information content (AvgIpc) is 3.23. The van der Waals surface area contributed by atoms with Crippen LogP contribution in [0.4, 0.5) is 13.2 Å². The quantitative estimate of drug-likeness (QED) is 0.653. The lowest BCUT2D eigenvalue weighted by Crippen LogP contribution is -2.24. The number of nitrogens with zero attached hydrogens (tertiary/aromatic N) is 1. The molecule has 2 heterocycles. The van der Waals surface area contributed by atoms with Gasteiger partial charge in [-0.05, 0) is 22.8 Å². The van der Waals surface area contributed by atoms with Crippen LogP contribution >= 0.6 is 0 Å². The number of halogens is 3. The number of aromatic nitrogens is 2. The zero-order valence-electron chi connectivity index (χ0n) is 13.6. The molecule has 1 aliphatic heterocycles. The van der Waals surface area contributed by atoms with Gasteiger partial charge in [-0.15, -0.1) is 0 Å². The molecule has 0 saturated heterocycles. The number of alkyl halides is 3. The third-order valence-corrected chi connectivity index (χ3v) is 3.54. The van der Waals surface area contributed by atoms with Gasteiger partial charge in [-0.25, -0.2) is 4.79 Å². The summed E-state index contributed by atoms with van der Waals surface area (Å²) in [5, 5.41) is 20.0. The second kappa shape index (κ2) is 8.48. The lowest BCUT2D eigenvalue weighted by atomic mass is 10.1. The minimum atomic E-state index is -5.08. The van der Waals surface area contributed by atoms with Gasteiger partial charge in [0.2, 0.25) is 5.91 Å². The number of carboxylic acids is 1. The van der Waals surface area contributed by atoms with E-state index in [1.807, 2.05) is 0 Å². The molecule has 140 valence electrons. The smallest absolute Gasteiger partial charge is 0.475 e. The van der Waals surface area contributed by atoms with E-state index in [9.17, 15) is 18.0 Å². The monoisotopic (exact) mass is 370 g/mol. The van der Waals surface area contributed by atoms with Crippen LogP contribution < -0.4 is 10.6 Å². The highest BCUT2D eigenvalue weighted by atomic mass is 19.4. The van der Waals surface area contributed by atoms with E-state index < -0.39 is 12.1 Å². The molecule has 0 saturated carbocycles. The molecular formula is C16H17F3N4O3. The van der Waals surface area contributed by atoms with E-state index >= 15 is 0 Å². The second-order valence-electron chi connectivity index (χ2n) is 5.54. The summed E-state index contributed by atoms with van der Waals surface area (Å²) in [5.74, 6) is -2.75. The molecule has 2 aromatic rings. The van der Waals surface area contributed by atoms with E-state index in [2.05, 4.69) is 39.0 Å². The summed E-state index contributed by atoms with van der Waals surface area (Å²) in [6, 6.07) is 8.17. The van der Waals surface area contributed by atoms with Crippen molar-refractivity contribution >= 4 is 11.9 Å². The predicted molar refractivity (Wildman–Crippen MR) is 84.8 cm³/mol. The van der Waals surface area contributed by atoms with Gasteiger partial charge in [0.15, 0.2) is 0 Å². The number of carbonyl (C=O) groups excluding carboxylic acids is 1. The van der Waals surface area contributed by atoms with Crippen molar-refractivity contribution in [3.8, 4) is 0 Å². The van der Waals surface area contributed by atoms with Gasteiger partial charge in [0.25, 0.3) is 0 Å². The van der Waals surface area contributed by atoms with E-state index in [4.69, 9.17) is 9.90 Å². The van der Waals surface area contributed by atoms with Crippen LogP contribution in [0.3, 0.4) is 0 Å². The number of hydrogen-bond acceptors (Lipinski definition) is 4. The van der Waals surface area contributed by atoms with Gasteiger partial charge in [0, 0.05) is 31.5 Å². The van der Waals surface area contributed by atoms with E-state index in [1.54, 1.807) is 12.3 Å². The maximum Gasteiger partial charge on any atom is 0.490 e. The van der Waals surface area contributed by atoms with Crippen molar-refractivity contribution in [1.82, 2.24) is 20.8 Å². The minimum absolute atomic E-state index is 0.00266. The predicted octanol–water partition coefficient (Wildman–Crippen LogP) is 1.51. The molecule has 0 fully saturated rings. The molecule has 0 unspecified atom stereocenters.